The number of rotatable bonds is 6. The maximum atomic E-state index is 12.3. The molecule has 1 aromatic heterocycles. The smallest absolute Gasteiger partial charge is 0.220 e. The highest BCUT2D eigenvalue weighted by Crippen LogP contribution is 2.27. The average molecular weight is 374 g/mol. The molecule has 27 heavy (non-hydrogen) atoms. The summed E-state index contributed by atoms with van der Waals surface area (Å²) in [4.78, 5) is 23.3. The molecule has 6 heteroatoms. The summed E-state index contributed by atoms with van der Waals surface area (Å²) in [6, 6.07) is 2.76. The fraction of sp³-hybridized carbons (Fsp3) is 0.762. The third kappa shape index (κ3) is 6.08. The third-order valence-corrected chi connectivity index (χ3v) is 5.93. The Kier molecular flexibility index (Phi) is 6.91. The van der Waals surface area contributed by atoms with Crippen LogP contribution in [0.4, 0.5) is 11.6 Å². The van der Waals surface area contributed by atoms with Gasteiger partial charge in [-0.3, -0.25) is 4.79 Å². The Balaban J connectivity index is 1.43. The van der Waals surface area contributed by atoms with Crippen LogP contribution in [0.2, 0.25) is 0 Å². The number of aryl methyl sites for hydroxylation is 1. The molecule has 1 amide bonds. The van der Waals surface area contributed by atoms with E-state index in [4.69, 9.17) is 0 Å². The number of nitrogens with zero attached hydrogens (tertiary/aromatic N) is 3. The first-order valence-corrected chi connectivity index (χ1v) is 10.6. The number of aromatic nitrogens is 2. The Labute approximate surface area is 163 Å². The van der Waals surface area contributed by atoms with E-state index in [1.165, 1.54) is 32.1 Å². The van der Waals surface area contributed by atoms with Crippen molar-refractivity contribution in [3.63, 3.8) is 0 Å². The quantitative estimate of drug-likeness (QED) is 0.796. The summed E-state index contributed by atoms with van der Waals surface area (Å²) in [6.45, 7) is 1.93. The van der Waals surface area contributed by atoms with Gasteiger partial charge in [-0.25, -0.2) is 9.97 Å². The lowest BCUT2D eigenvalue weighted by molar-refractivity contribution is -0.123. The average Bonchev–Trinajstić information content (AvgIpc) is 2.63. The molecule has 0 bridgehead atoms. The summed E-state index contributed by atoms with van der Waals surface area (Å²) in [6.07, 6.45) is 11.3. The molecule has 2 aliphatic rings. The molecule has 0 unspecified atom stereocenters. The molecule has 0 atom stereocenters. The van der Waals surface area contributed by atoms with Gasteiger partial charge in [0.15, 0.2) is 0 Å². The van der Waals surface area contributed by atoms with E-state index in [0.29, 0.717) is 18.0 Å². The van der Waals surface area contributed by atoms with Crippen LogP contribution in [-0.2, 0) is 4.79 Å². The number of amides is 1. The van der Waals surface area contributed by atoms with Crippen molar-refractivity contribution in [2.24, 2.45) is 5.92 Å². The van der Waals surface area contributed by atoms with Crippen molar-refractivity contribution in [2.75, 3.05) is 24.3 Å². The van der Waals surface area contributed by atoms with Crippen molar-refractivity contribution in [1.29, 1.82) is 0 Å². The van der Waals surface area contributed by atoms with Crippen molar-refractivity contribution in [1.82, 2.24) is 15.3 Å². The number of carbonyl (C=O) groups excluding carboxylic acids is 1. The Bertz CT molecular complexity index is 619. The first kappa shape index (κ1) is 19.9. The summed E-state index contributed by atoms with van der Waals surface area (Å²) in [5.41, 5.74) is 0. The number of hydrogen-bond donors (Lipinski definition) is 2. The van der Waals surface area contributed by atoms with Gasteiger partial charge in [0.2, 0.25) is 5.91 Å². The second kappa shape index (κ2) is 9.38. The predicted molar refractivity (Wildman–Crippen MR) is 110 cm³/mol. The van der Waals surface area contributed by atoms with E-state index in [9.17, 15) is 4.79 Å². The minimum atomic E-state index is 0.264. The zero-order chi connectivity index (χ0) is 19.2. The molecule has 2 fully saturated rings. The first-order chi connectivity index (χ1) is 13.0. The van der Waals surface area contributed by atoms with Gasteiger partial charge in [0, 0.05) is 38.7 Å². The molecule has 1 aromatic rings. The fourth-order valence-electron chi connectivity index (χ4n) is 4.39. The van der Waals surface area contributed by atoms with Gasteiger partial charge in [0.05, 0.1) is 0 Å². The molecule has 2 saturated carbocycles. The molecule has 2 N–H and O–H groups in total. The lowest BCUT2D eigenvalue weighted by Gasteiger charge is -2.31. The van der Waals surface area contributed by atoms with E-state index in [2.05, 4.69) is 20.6 Å². The van der Waals surface area contributed by atoms with Crippen LogP contribution in [0.15, 0.2) is 6.07 Å². The zero-order valence-corrected chi connectivity index (χ0v) is 17.1. The van der Waals surface area contributed by atoms with Gasteiger partial charge < -0.3 is 15.5 Å². The SMILES string of the molecule is Cc1nc(NC2CCC(NC(=O)CC3CCCCC3)CC2)cc(N(C)C)n1. The fourth-order valence-corrected chi connectivity index (χ4v) is 4.39. The summed E-state index contributed by atoms with van der Waals surface area (Å²) in [7, 11) is 3.99. The van der Waals surface area contributed by atoms with E-state index in [1.54, 1.807) is 0 Å². The zero-order valence-electron chi connectivity index (χ0n) is 17.1. The third-order valence-electron chi connectivity index (χ3n) is 5.93. The van der Waals surface area contributed by atoms with Crippen LogP contribution in [0.3, 0.4) is 0 Å². The molecule has 0 aromatic carbocycles. The normalized spacial score (nSPS) is 23.7. The molecule has 150 valence electrons. The van der Waals surface area contributed by atoms with E-state index < -0.39 is 0 Å². The minimum absolute atomic E-state index is 0.264. The molecule has 0 radical (unpaired) electrons. The second-order valence-electron chi connectivity index (χ2n) is 8.52. The summed E-state index contributed by atoms with van der Waals surface area (Å²) < 4.78 is 0. The van der Waals surface area contributed by atoms with Crippen molar-refractivity contribution in [3.8, 4) is 0 Å². The van der Waals surface area contributed by atoms with Crippen molar-refractivity contribution >= 4 is 17.5 Å². The monoisotopic (exact) mass is 373 g/mol. The summed E-state index contributed by atoms with van der Waals surface area (Å²) in [5.74, 6) is 3.49. The highest BCUT2D eigenvalue weighted by Gasteiger charge is 2.24. The van der Waals surface area contributed by atoms with Gasteiger partial charge in [-0.05, 0) is 51.4 Å². The van der Waals surface area contributed by atoms with Gasteiger partial charge in [0.25, 0.3) is 0 Å². The van der Waals surface area contributed by atoms with Crippen molar-refractivity contribution in [2.45, 2.75) is 83.2 Å². The maximum Gasteiger partial charge on any atom is 0.220 e. The molecule has 3 rings (SSSR count). The van der Waals surface area contributed by atoms with Gasteiger partial charge in [0.1, 0.15) is 17.5 Å². The van der Waals surface area contributed by atoms with E-state index in [1.807, 2.05) is 32.0 Å². The van der Waals surface area contributed by atoms with Gasteiger partial charge >= 0.3 is 0 Å². The van der Waals surface area contributed by atoms with E-state index in [0.717, 1.165) is 49.6 Å². The molecule has 0 spiro atoms. The standard InChI is InChI=1S/C21H35N5O/c1-15-22-19(14-20(23-15)26(2)3)24-17-9-11-18(12-10-17)25-21(27)13-16-7-5-4-6-8-16/h14,16-18H,4-13H2,1-3H3,(H,25,27)(H,22,23,24). The van der Waals surface area contributed by atoms with Gasteiger partial charge in [-0.15, -0.1) is 0 Å². The van der Waals surface area contributed by atoms with Crippen LogP contribution in [0.25, 0.3) is 0 Å². The Morgan fingerprint density at radius 1 is 1.04 bits per heavy atom. The first-order valence-electron chi connectivity index (χ1n) is 10.6. The molecule has 0 saturated heterocycles. The van der Waals surface area contributed by atoms with Crippen LogP contribution in [0, 0.1) is 12.8 Å². The lowest BCUT2D eigenvalue weighted by Crippen LogP contribution is -2.40. The molecule has 0 aliphatic heterocycles. The van der Waals surface area contributed by atoms with Crippen LogP contribution < -0.4 is 15.5 Å². The number of hydrogen-bond acceptors (Lipinski definition) is 5. The number of nitrogens with one attached hydrogen (secondary N) is 2. The van der Waals surface area contributed by atoms with Gasteiger partial charge in [-0.1, -0.05) is 19.3 Å². The summed E-state index contributed by atoms with van der Waals surface area (Å²) >= 11 is 0. The summed E-state index contributed by atoms with van der Waals surface area (Å²) in [5, 5.41) is 6.85. The predicted octanol–water partition coefficient (Wildman–Crippen LogP) is 3.66. The molecular formula is C21H35N5O. The highest BCUT2D eigenvalue weighted by atomic mass is 16.1. The maximum absolute atomic E-state index is 12.3. The van der Waals surface area contributed by atoms with Crippen LogP contribution >= 0.6 is 0 Å². The topological polar surface area (TPSA) is 70.2 Å². The Morgan fingerprint density at radius 3 is 2.37 bits per heavy atom. The van der Waals surface area contributed by atoms with E-state index in [-0.39, 0.29) is 5.91 Å². The van der Waals surface area contributed by atoms with Crippen molar-refractivity contribution < 1.29 is 4.79 Å². The molecule has 1 heterocycles. The van der Waals surface area contributed by atoms with Gasteiger partial charge in [-0.2, -0.15) is 0 Å². The van der Waals surface area contributed by atoms with Crippen LogP contribution in [0.5, 0.6) is 0 Å². The molecular weight excluding hydrogens is 338 g/mol. The van der Waals surface area contributed by atoms with Crippen LogP contribution in [-0.4, -0.2) is 42.1 Å². The van der Waals surface area contributed by atoms with Crippen molar-refractivity contribution in [3.05, 3.63) is 11.9 Å². The highest BCUT2D eigenvalue weighted by molar-refractivity contribution is 5.76. The van der Waals surface area contributed by atoms with E-state index >= 15 is 0 Å². The largest absolute Gasteiger partial charge is 0.367 e. The number of anilines is 2. The Morgan fingerprint density at radius 2 is 1.70 bits per heavy atom. The number of carbonyl (C=O) groups is 1. The lowest BCUT2D eigenvalue weighted by atomic mass is 9.86. The second-order valence-corrected chi connectivity index (χ2v) is 8.52. The Hall–Kier alpha value is -1.85. The molecule has 2 aliphatic carbocycles. The minimum Gasteiger partial charge on any atom is -0.367 e. The molecule has 6 nitrogen and oxygen atoms in total. The van der Waals surface area contributed by atoms with Crippen LogP contribution in [0.1, 0.15) is 70.0 Å².